The molecule has 3 amide bonds. The number of nitrogens with zero attached hydrogens (tertiary/aromatic N) is 4. The molecule has 242 valence electrons. The van der Waals surface area contributed by atoms with Gasteiger partial charge in [-0.2, -0.15) is 0 Å². The molecule has 1 aliphatic carbocycles. The number of methoxy groups -OCH3 is 1. The maximum absolute atomic E-state index is 13.8. The van der Waals surface area contributed by atoms with E-state index in [0.717, 1.165) is 72.6 Å². The number of hydrogen-bond acceptors (Lipinski definition) is 6. The molecular formula is C34H47N7O4. The number of alkyl carbamates (subject to hydrolysis) is 1. The fourth-order valence-electron chi connectivity index (χ4n) is 7.56. The van der Waals surface area contributed by atoms with Gasteiger partial charge in [-0.15, -0.1) is 0 Å². The van der Waals surface area contributed by atoms with Crippen LogP contribution in [-0.2, 0) is 20.7 Å². The molecule has 0 radical (unpaired) electrons. The van der Waals surface area contributed by atoms with Crippen LogP contribution < -0.4 is 5.32 Å². The SMILES string of the molecule is COC(=O)N[C@H](C(=O)N1[C@H]2CC[C@H](C2)[C@H]1c1ncc(Cc2ccc3nc([C@@H]4CCCN4C(=O)[C@@H](C)C(C)C)[nH]c3c2)[nH]1)C(C)C. The first-order valence-electron chi connectivity index (χ1n) is 16.5. The number of carbonyl (C=O) groups is 3. The number of aromatic amines is 2. The van der Waals surface area contributed by atoms with Crippen LogP contribution in [0.15, 0.2) is 24.4 Å². The Bertz CT molecular complexity index is 1560. The van der Waals surface area contributed by atoms with Gasteiger partial charge in [0.1, 0.15) is 17.7 Å². The summed E-state index contributed by atoms with van der Waals surface area (Å²) in [4.78, 5) is 59.8. The Kier molecular flexibility index (Phi) is 8.63. The molecule has 6 atom stereocenters. The molecule has 1 saturated carbocycles. The van der Waals surface area contributed by atoms with Crippen molar-refractivity contribution < 1.29 is 19.1 Å². The van der Waals surface area contributed by atoms with Crippen LogP contribution in [0.3, 0.4) is 0 Å². The summed E-state index contributed by atoms with van der Waals surface area (Å²) in [5.74, 6) is 2.34. The molecule has 1 aromatic carbocycles. The fourth-order valence-corrected chi connectivity index (χ4v) is 7.56. The number of imidazole rings is 2. The van der Waals surface area contributed by atoms with Gasteiger partial charge in [-0.25, -0.2) is 14.8 Å². The summed E-state index contributed by atoms with van der Waals surface area (Å²) in [6.07, 6.45) is 6.82. The molecular weight excluding hydrogens is 570 g/mol. The number of benzene rings is 1. The standard InChI is InChI=1S/C34H47N7O4/c1-18(2)20(5)32(42)40-13-7-8-27(40)30-37-25-12-9-21(15-26(25)38-30)14-23-17-35-31(36-23)29-22-10-11-24(16-22)41(29)33(43)28(19(3)4)39-34(44)45-6/h9,12,15,17-20,22,24,27-29H,7-8,10-11,13-14,16H2,1-6H3,(H,35,36)(H,37,38)(H,39,44)/t20-,22+,24-,27-,28-,29-/m0/s1. The lowest BCUT2D eigenvalue weighted by Crippen LogP contribution is -2.54. The predicted octanol–water partition coefficient (Wildman–Crippen LogP) is 5.27. The minimum Gasteiger partial charge on any atom is -0.453 e. The Morgan fingerprint density at radius 1 is 1.02 bits per heavy atom. The minimum absolute atomic E-state index is 0.0151. The normalized spacial score (nSPS) is 24.2. The number of likely N-dealkylation sites (tertiary alicyclic amines) is 2. The monoisotopic (exact) mass is 617 g/mol. The molecule has 3 fully saturated rings. The third-order valence-electron chi connectivity index (χ3n) is 10.4. The van der Waals surface area contributed by atoms with E-state index in [1.54, 1.807) is 0 Å². The number of carbonyl (C=O) groups excluding carboxylic acids is 3. The van der Waals surface area contributed by atoms with E-state index >= 15 is 0 Å². The molecule has 11 heteroatoms. The topological polar surface area (TPSA) is 136 Å². The van der Waals surface area contributed by atoms with Crippen LogP contribution in [0.2, 0.25) is 0 Å². The average molecular weight is 618 g/mol. The zero-order valence-corrected chi connectivity index (χ0v) is 27.3. The molecule has 2 aromatic heterocycles. The molecule has 2 saturated heterocycles. The molecule has 6 rings (SSSR count). The largest absolute Gasteiger partial charge is 0.453 e. The van der Waals surface area contributed by atoms with E-state index in [2.05, 4.69) is 41.3 Å². The molecule has 0 spiro atoms. The van der Waals surface area contributed by atoms with Gasteiger partial charge >= 0.3 is 6.09 Å². The van der Waals surface area contributed by atoms with E-state index in [1.807, 2.05) is 42.8 Å². The molecule has 3 aliphatic rings. The average Bonchev–Trinajstić information content (AvgIpc) is 3.85. The fraction of sp³-hybridized carbons (Fsp3) is 0.618. The van der Waals surface area contributed by atoms with E-state index < -0.39 is 12.1 Å². The summed E-state index contributed by atoms with van der Waals surface area (Å²) in [5.41, 5.74) is 3.94. The predicted molar refractivity (Wildman–Crippen MR) is 170 cm³/mol. The molecule has 3 aromatic rings. The van der Waals surface area contributed by atoms with Crippen molar-refractivity contribution in [3.8, 4) is 0 Å². The van der Waals surface area contributed by atoms with Gasteiger partial charge in [0, 0.05) is 36.8 Å². The number of ether oxygens (including phenoxy) is 1. The van der Waals surface area contributed by atoms with Crippen molar-refractivity contribution in [2.75, 3.05) is 13.7 Å². The lowest BCUT2D eigenvalue weighted by molar-refractivity contribution is -0.139. The summed E-state index contributed by atoms with van der Waals surface area (Å²) >= 11 is 0. The summed E-state index contributed by atoms with van der Waals surface area (Å²) in [6.45, 7) is 10.9. The first kappa shape index (κ1) is 31.1. The number of hydrogen-bond donors (Lipinski definition) is 3. The van der Waals surface area contributed by atoms with E-state index in [4.69, 9.17) is 14.7 Å². The second kappa shape index (κ2) is 12.5. The number of rotatable bonds is 9. The zero-order valence-electron chi connectivity index (χ0n) is 27.3. The number of aromatic nitrogens is 4. The van der Waals surface area contributed by atoms with Gasteiger partial charge in [0.05, 0.1) is 30.2 Å². The number of fused-ring (bicyclic) bond motifs is 3. The van der Waals surface area contributed by atoms with Gasteiger partial charge in [-0.3, -0.25) is 9.59 Å². The van der Waals surface area contributed by atoms with Gasteiger partial charge in [0.25, 0.3) is 0 Å². The third kappa shape index (κ3) is 5.93. The first-order valence-corrected chi connectivity index (χ1v) is 16.5. The number of nitrogens with one attached hydrogen (secondary N) is 3. The highest BCUT2D eigenvalue weighted by Crippen LogP contribution is 2.50. The summed E-state index contributed by atoms with van der Waals surface area (Å²) < 4.78 is 4.80. The van der Waals surface area contributed by atoms with Gasteiger partial charge < -0.3 is 29.8 Å². The maximum atomic E-state index is 13.8. The molecule has 2 aliphatic heterocycles. The Labute approximate surface area is 264 Å². The highest BCUT2D eigenvalue weighted by molar-refractivity contribution is 5.87. The summed E-state index contributed by atoms with van der Waals surface area (Å²) in [5, 5.41) is 2.75. The second-order valence-corrected chi connectivity index (χ2v) is 13.9. The van der Waals surface area contributed by atoms with Crippen molar-refractivity contribution >= 4 is 28.9 Å². The molecule has 0 unspecified atom stereocenters. The Morgan fingerprint density at radius 2 is 1.82 bits per heavy atom. The van der Waals surface area contributed by atoms with Crippen molar-refractivity contribution in [3.63, 3.8) is 0 Å². The smallest absolute Gasteiger partial charge is 0.407 e. The van der Waals surface area contributed by atoms with Gasteiger partial charge in [0.15, 0.2) is 0 Å². The van der Waals surface area contributed by atoms with E-state index in [9.17, 15) is 14.4 Å². The second-order valence-electron chi connectivity index (χ2n) is 13.9. The molecule has 4 heterocycles. The van der Waals surface area contributed by atoms with Crippen molar-refractivity contribution in [3.05, 3.63) is 47.3 Å². The van der Waals surface area contributed by atoms with Crippen molar-refractivity contribution in [2.24, 2.45) is 23.7 Å². The van der Waals surface area contributed by atoms with Crippen LogP contribution in [0.1, 0.15) is 102 Å². The van der Waals surface area contributed by atoms with Gasteiger partial charge in [0.2, 0.25) is 11.8 Å². The van der Waals surface area contributed by atoms with Crippen LogP contribution in [0.25, 0.3) is 11.0 Å². The van der Waals surface area contributed by atoms with Crippen LogP contribution in [-0.4, -0.2) is 73.4 Å². The lowest BCUT2D eigenvalue weighted by Gasteiger charge is -2.37. The molecule has 2 bridgehead atoms. The first-order chi connectivity index (χ1) is 21.5. The molecule has 11 nitrogen and oxygen atoms in total. The van der Waals surface area contributed by atoms with Crippen molar-refractivity contribution in [1.82, 2.24) is 35.1 Å². The van der Waals surface area contributed by atoms with Crippen LogP contribution in [0, 0.1) is 23.7 Å². The maximum Gasteiger partial charge on any atom is 0.407 e. The van der Waals surface area contributed by atoms with Crippen LogP contribution >= 0.6 is 0 Å². The van der Waals surface area contributed by atoms with Crippen LogP contribution in [0.5, 0.6) is 0 Å². The Balaban J connectivity index is 1.18. The molecule has 3 N–H and O–H groups in total. The highest BCUT2D eigenvalue weighted by Gasteiger charge is 2.51. The van der Waals surface area contributed by atoms with Crippen molar-refractivity contribution in [1.29, 1.82) is 0 Å². The van der Waals surface area contributed by atoms with E-state index in [0.29, 0.717) is 18.3 Å². The van der Waals surface area contributed by atoms with Gasteiger partial charge in [-0.05, 0) is 67.6 Å². The van der Waals surface area contributed by atoms with Gasteiger partial charge in [-0.1, -0.05) is 40.7 Å². The zero-order chi connectivity index (χ0) is 32.0. The van der Waals surface area contributed by atoms with E-state index in [1.165, 1.54) is 7.11 Å². The summed E-state index contributed by atoms with van der Waals surface area (Å²) in [6, 6.07) is 5.59. The third-order valence-corrected chi connectivity index (χ3v) is 10.4. The lowest BCUT2D eigenvalue weighted by atomic mass is 9.95. The van der Waals surface area contributed by atoms with Crippen molar-refractivity contribution in [2.45, 2.75) is 97.3 Å². The quantitative estimate of drug-likeness (QED) is 0.300. The Morgan fingerprint density at radius 3 is 2.56 bits per heavy atom. The number of H-pyrrole nitrogens is 2. The Hall–Kier alpha value is -3.89. The highest BCUT2D eigenvalue weighted by atomic mass is 16.5. The summed E-state index contributed by atoms with van der Waals surface area (Å²) in [7, 11) is 1.31. The van der Waals surface area contributed by atoms with Crippen LogP contribution in [0.4, 0.5) is 4.79 Å². The number of amides is 3. The molecule has 45 heavy (non-hydrogen) atoms. The minimum atomic E-state index is -0.659. The van der Waals surface area contributed by atoms with E-state index in [-0.39, 0.29) is 41.8 Å². The number of piperidine rings is 1.